The lowest BCUT2D eigenvalue weighted by Crippen LogP contribution is -2.31. The molecule has 0 saturated heterocycles. The Morgan fingerprint density at radius 1 is 1.14 bits per heavy atom. The van der Waals surface area contributed by atoms with Crippen molar-refractivity contribution in [2.24, 2.45) is 5.73 Å². The number of aromatic hydroxyl groups is 1. The number of carbonyl (C=O) groups excluding carboxylic acids is 1. The number of hydrogen-bond donors (Lipinski definition) is 2. The van der Waals surface area contributed by atoms with Crippen molar-refractivity contribution in [2.45, 2.75) is 6.42 Å². The molecule has 0 aliphatic rings. The monoisotopic (exact) mass is 398 g/mol. The van der Waals surface area contributed by atoms with Crippen molar-refractivity contribution in [1.82, 2.24) is 4.98 Å². The number of halogens is 1. The second-order valence-corrected chi connectivity index (χ2v) is 6.33. The SMILES string of the molecule is NC(=O)N(c1ccc(Cc2ccncc2)cc1)c1cc(Cl)c([N+](=O)[O-])cc1O. The number of nitro benzene ring substituents is 1. The van der Waals surface area contributed by atoms with Gasteiger partial charge in [0.05, 0.1) is 22.4 Å². The Kier molecular flexibility index (Phi) is 5.42. The van der Waals surface area contributed by atoms with Crippen LogP contribution >= 0.6 is 11.6 Å². The first-order chi connectivity index (χ1) is 13.4. The molecule has 142 valence electrons. The lowest BCUT2D eigenvalue weighted by Gasteiger charge is -2.22. The first kappa shape index (κ1) is 19.1. The van der Waals surface area contributed by atoms with Crippen molar-refractivity contribution in [3.05, 3.63) is 87.2 Å². The van der Waals surface area contributed by atoms with Gasteiger partial charge in [0, 0.05) is 12.4 Å². The number of rotatable bonds is 5. The van der Waals surface area contributed by atoms with Gasteiger partial charge in [0.25, 0.3) is 5.69 Å². The van der Waals surface area contributed by atoms with E-state index >= 15 is 0 Å². The molecular formula is C19H15ClN4O4. The van der Waals surface area contributed by atoms with E-state index in [1.807, 2.05) is 24.3 Å². The largest absolute Gasteiger partial charge is 0.505 e. The zero-order chi connectivity index (χ0) is 20.3. The third-order valence-corrected chi connectivity index (χ3v) is 4.36. The molecule has 0 bridgehead atoms. The van der Waals surface area contributed by atoms with Crippen molar-refractivity contribution >= 4 is 34.7 Å². The summed E-state index contributed by atoms with van der Waals surface area (Å²) in [5, 5.41) is 20.9. The number of carbonyl (C=O) groups is 1. The van der Waals surface area contributed by atoms with E-state index in [9.17, 15) is 20.0 Å². The van der Waals surface area contributed by atoms with Crippen LogP contribution in [0.5, 0.6) is 5.75 Å². The average molecular weight is 399 g/mol. The van der Waals surface area contributed by atoms with Gasteiger partial charge < -0.3 is 10.8 Å². The van der Waals surface area contributed by atoms with Crippen molar-refractivity contribution in [3.8, 4) is 5.75 Å². The fourth-order valence-electron chi connectivity index (χ4n) is 2.74. The highest BCUT2D eigenvalue weighted by atomic mass is 35.5. The highest BCUT2D eigenvalue weighted by molar-refractivity contribution is 6.33. The number of pyridine rings is 1. The first-order valence-corrected chi connectivity index (χ1v) is 8.49. The van der Waals surface area contributed by atoms with E-state index in [2.05, 4.69) is 4.98 Å². The highest BCUT2D eigenvalue weighted by Crippen LogP contribution is 2.40. The summed E-state index contributed by atoms with van der Waals surface area (Å²) < 4.78 is 0. The molecule has 0 aliphatic heterocycles. The summed E-state index contributed by atoms with van der Waals surface area (Å²) >= 11 is 5.91. The van der Waals surface area contributed by atoms with Gasteiger partial charge in [0.15, 0.2) is 0 Å². The Balaban J connectivity index is 1.94. The summed E-state index contributed by atoms with van der Waals surface area (Å²) in [5.74, 6) is -0.490. The molecule has 2 amide bonds. The molecule has 1 heterocycles. The van der Waals surface area contributed by atoms with Crippen LogP contribution in [0.25, 0.3) is 0 Å². The number of nitrogens with two attached hydrogens (primary N) is 1. The minimum atomic E-state index is -0.873. The Hall–Kier alpha value is -3.65. The van der Waals surface area contributed by atoms with E-state index in [0.29, 0.717) is 12.1 Å². The van der Waals surface area contributed by atoms with Crippen molar-refractivity contribution in [2.75, 3.05) is 4.90 Å². The number of aromatic nitrogens is 1. The van der Waals surface area contributed by atoms with Crippen LogP contribution in [-0.2, 0) is 6.42 Å². The Bertz CT molecular complexity index is 1030. The van der Waals surface area contributed by atoms with Crippen LogP contribution in [0.3, 0.4) is 0 Å². The molecule has 3 rings (SSSR count). The summed E-state index contributed by atoms with van der Waals surface area (Å²) in [6.07, 6.45) is 4.09. The van der Waals surface area contributed by atoms with E-state index in [4.69, 9.17) is 17.3 Å². The van der Waals surface area contributed by atoms with E-state index in [1.165, 1.54) is 0 Å². The minimum Gasteiger partial charge on any atom is -0.505 e. The second kappa shape index (κ2) is 7.93. The molecule has 9 heteroatoms. The molecule has 3 aromatic rings. The molecule has 1 aromatic heterocycles. The van der Waals surface area contributed by atoms with Gasteiger partial charge in [-0.1, -0.05) is 23.7 Å². The van der Waals surface area contributed by atoms with Crippen molar-refractivity contribution in [3.63, 3.8) is 0 Å². The van der Waals surface area contributed by atoms with Crippen LogP contribution < -0.4 is 10.6 Å². The van der Waals surface area contributed by atoms with Gasteiger partial charge in [0.1, 0.15) is 10.8 Å². The van der Waals surface area contributed by atoms with Gasteiger partial charge in [0.2, 0.25) is 0 Å². The lowest BCUT2D eigenvalue weighted by molar-refractivity contribution is -0.384. The average Bonchev–Trinajstić information content (AvgIpc) is 2.66. The zero-order valence-electron chi connectivity index (χ0n) is 14.4. The first-order valence-electron chi connectivity index (χ1n) is 8.11. The number of phenols is 1. The van der Waals surface area contributed by atoms with Gasteiger partial charge in [-0.2, -0.15) is 0 Å². The van der Waals surface area contributed by atoms with Crippen LogP contribution in [0.15, 0.2) is 60.9 Å². The zero-order valence-corrected chi connectivity index (χ0v) is 15.2. The lowest BCUT2D eigenvalue weighted by atomic mass is 10.1. The number of amides is 2. The molecule has 0 saturated carbocycles. The number of phenolic OH excluding ortho intramolecular Hbond substituents is 1. The molecular weight excluding hydrogens is 384 g/mol. The van der Waals surface area contributed by atoms with E-state index in [1.54, 1.807) is 24.5 Å². The van der Waals surface area contributed by atoms with Crippen molar-refractivity contribution in [1.29, 1.82) is 0 Å². The maximum Gasteiger partial charge on any atom is 0.324 e. The smallest absolute Gasteiger partial charge is 0.324 e. The topological polar surface area (TPSA) is 123 Å². The molecule has 0 radical (unpaired) electrons. The molecule has 28 heavy (non-hydrogen) atoms. The maximum atomic E-state index is 12.0. The molecule has 0 unspecified atom stereocenters. The van der Waals surface area contributed by atoms with E-state index in [0.717, 1.165) is 28.2 Å². The minimum absolute atomic E-state index is 0.0509. The molecule has 0 spiro atoms. The number of anilines is 2. The fourth-order valence-corrected chi connectivity index (χ4v) is 2.97. The molecule has 0 aliphatic carbocycles. The molecule has 0 atom stereocenters. The summed E-state index contributed by atoms with van der Waals surface area (Å²) in [6, 6.07) is 11.9. The second-order valence-electron chi connectivity index (χ2n) is 5.92. The summed E-state index contributed by atoms with van der Waals surface area (Å²) in [7, 11) is 0. The summed E-state index contributed by atoms with van der Waals surface area (Å²) in [4.78, 5) is 27.2. The van der Waals surface area contributed by atoms with E-state index in [-0.39, 0.29) is 10.7 Å². The number of primary amides is 1. The fraction of sp³-hybridized carbons (Fsp3) is 0.0526. The van der Waals surface area contributed by atoms with Crippen LogP contribution in [0.2, 0.25) is 5.02 Å². The molecule has 2 aromatic carbocycles. The molecule has 3 N–H and O–H groups in total. The summed E-state index contributed by atoms with van der Waals surface area (Å²) in [6.45, 7) is 0. The van der Waals surface area contributed by atoms with Gasteiger partial charge in [-0.25, -0.2) is 4.79 Å². The third kappa shape index (κ3) is 4.02. The Labute approximate surface area is 165 Å². The number of urea groups is 1. The number of nitrogens with zero attached hydrogens (tertiary/aromatic N) is 3. The standard InChI is InChI=1S/C19H15ClN4O4/c20-15-10-17(18(25)11-16(15)24(27)28)23(19(21)26)14-3-1-12(2-4-14)9-13-5-7-22-8-6-13/h1-8,10-11,25H,9H2,(H2,21,26). The predicted molar refractivity (Wildman–Crippen MR) is 105 cm³/mol. The molecule has 0 fully saturated rings. The van der Waals surface area contributed by atoms with Gasteiger partial charge in [-0.15, -0.1) is 0 Å². The van der Waals surface area contributed by atoms with Crippen molar-refractivity contribution < 1.29 is 14.8 Å². The normalized spacial score (nSPS) is 10.5. The third-order valence-electron chi connectivity index (χ3n) is 4.05. The number of benzene rings is 2. The maximum absolute atomic E-state index is 12.0. The van der Waals surface area contributed by atoms with Crippen LogP contribution in [0.4, 0.5) is 21.9 Å². The predicted octanol–water partition coefficient (Wildman–Crippen LogP) is 4.16. The van der Waals surface area contributed by atoms with Crippen LogP contribution in [0.1, 0.15) is 11.1 Å². The van der Waals surface area contributed by atoms with E-state index < -0.39 is 22.4 Å². The van der Waals surface area contributed by atoms with Gasteiger partial charge >= 0.3 is 6.03 Å². The summed E-state index contributed by atoms with van der Waals surface area (Å²) in [5.41, 5.74) is 7.40. The van der Waals surface area contributed by atoms with Crippen LogP contribution in [-0.4, -0.2) is 21.0 Å². The highest BCUT2D eigenvalue weighted by Gasteiger charge is 2.24. The Morgan fingerprint density at radius 2 is 1.75 bits per heavy atom. The van der Waals surface area contributed by atoms with Crippen LogP contribution in [0, 0.1) is 10.1 Å². The quantitative estimate of drug-likeness (QED) is 0.493. The number of hydrogen-bond acceptors (Lipinski definition) is 5. The Morgan fingerprint density at radius 3 is 2.32 bits per heavy atom. The number of nitro groups is 1. The molecule has 8 nitrogen and oxygen atoms in total. The van der Waals surface area contributed by atoms with Gasteiger partial charge in [-0.3, -0.25) is 20.0 Å². The van der Waals surface area contributed by atoms with Gasteiger partial charge in [-0.05, 0) is 47.9 Å².